The first-order valence-electron chi connectivity index (χ1n) is 17.4. The van der Waals surface area contributed by atoms with Crippen molar-refractivity contribution in [1.29, 1.82) is 0 Å². The van der Waals surface area contributed by atoms with Gasteiger partial charge in [-0.2, -0.15) is 9.97 Å². The summed E-state index contributed by atoms with van der Waals surface area (Å²) in [5, 5.41) is 5.71. The van der Waals surface area contributed by atoms with E-state index in [4.69, 9.17) is 19.7 Å². The van der Waals surface area contributed by atoms with Gasteiger partial charge < -0.3 is 15.0 Å². The Morgan fingerprint density at radius 1 is 0.958 bits per heavy atom. The molecule has 0 amide bonds. The quantitative estimate of drug-likeness (QED) is 0.234. The minimum absolute atomic E-state index is 0. The lowest BCUT2D eigenvalue weighted by molar-refractivity contribution is 0.108. The Hall–Kier alpha value is -3.50. The predicted molar refractivity (Wildman–Crippen MR) is 192 cm³/mol. The van der Waals surface area contributed by atoms with Crippen molar-refractivity contribution in [2.24, 2.45) is 0 Å². The van der Waals surface area contributed by atoms with Gasteiger partial charge in [0, 0.05) is 37.2 Å². The number of anilines is 1. The van der Waals surface area contributed by atoms with Crippen LogP contribution >= 0.6 is 0 Å². The van der Waals surface area contributed by atoms with Gasteiger partial charge in [-0.25, -0.2) is 13.8 Å². The van der Waals surface area contributed by atoms with Crippen LogP contribution in [0.1, 0.15) is 91.3 Å². The van der Waals surface area contributed by atoms with E-state index < -0.39 is 5.82 Å². The number of nitrogens with zero attached hydrogens (tertiary/aromatic N) is 5. The van der Waals surface area contributed by atoms with Gasteiger partial charge in [0.05, 0.1) is 16.6 Å². The van der Waals surface area contributed by atoms with Crippen molar-refractivity contribution < 1.29 is 18.2 Å². The minimum atomic E-state index is -0.513. The lowest BCUT2D eigenvalue weighted by Crippen LogP contribution is -2.51. The van der Waals surface area contributed by atoms with Crippen LogP contribution in [0.2, 0.25) is 0 Å². The number of hydrogen-bond donors (Lipinski definition) is 1. The number of fused-ring (bicyclic) bond motifs is 4. The fourth-order valence-corrected chi connectivity index (χ4v) is 8.13. The molecule has 2 atom stereocenters. The fraction of sp³-hybridized carbons (Fsp3) is 0.553. The van der Waals surface area contributed by atoms with Crippen LogP contribution in [0, 0.1) is 18.6 Å². The van der Waals surface area contributed by atoms with Gasteiger partial charge in [-0.15, -0.1) is 0 Å². The van der Waals surface area contributed by atoms with Gasteiger partial charge in [-0.3, -0.25) is 9.60 Å². The number of ether oxygens (including phenoxy) is 1. The largest absolute Gasteiger partial charge is 0.461 e. The summed E-state index contributed by atoms with van der Waals surface area (Å²) in [6.45, 7) is 17.0. The van der Waals surface area contributed by atoms with Gasteiger partial charge in [0.25, 0.3) is 0 Å². The summed E-state index contributed by atoms with van der Waals surface area (Å²) >= 11 is 0. The third kappa shape index (κ3) is 6.22. The number of piperazine rings is 1. The number of nitrogens with one attached hydrogen (secondary N) is 1. The van der Waals surface area contributed by atoms with Crippen LogP contribution in [0.3, 0.4) is 0 Å². The Morgan fingerprint density at radius 2 is 1.69 bits per heavy atom. The van der Waals surface area contributed by atoms with E-state index in [9.17, 15) is 4.39 Å². The molecule has 4 aliphatic heterocycles. The average Bonchev–Trinajstić information content (AvgIpc) is 3.65. The molecule has 0 bridgehead atoms. The molecule has 48 heavy (non-hydrogen) atoms. The molecular formula is C38H53F3N6O. The Kier molecular flexibility index (Phi) is 11.9. The van der Waals surface area contributed by atoms with Crippen LogP contribution in [0.25, 0.3) is 32.9 Å². The van der Waals surface area contributed by atoms with E-state index in [2.05, 4.69) is 22.0 Å². The van der Waals surface area contributed by atoms with Crippen molar-refractivity contribution in [3.05, 3.63) is 53.2 Å². The molecule has 4 aliphatic rings. The van der Waals surface area contributed by atoms with Crippen LogP contribution in [-0.2, 0) is 0 Å². The normalized spacial score (nSPS) is 20.6. The summed E-state index contributed by atoms with van der Waals surface area (Å²) < 4.78 is 38.1. The van der Waals surface area contributed by atoms with Crippen LogP contribution in [0.5, 0.6) is 6.01 Å². The van der Waals surface area contributed by atoms with Crippen LogP contribution < -0.4 is 15.0 Å². The highest BCUT2D eigenvalue weighted by Gasteiger charge is 2.45. The molecule has 6 heterocycles. The zero-order valence-corrected chi connectivity index (χ0v) is 28.6. The van der Waals surface area contributed by atoms with E-state index in [1.54, 1.807) is 13.0 Å². The molecule has 0 unspecified atom stereocenters. The number of aromatic nitrogens is 3. The molecule has 2 aromatic carbocycles. The summed E-state index contributed by atoms with van der Waals surface area (Å²) in [4.78, 5) is 19.6. The molecule has 4 aromatic rings. The highest BCUT2D eigenvalue weighted by Crippen LogP contribution is 2.44. The molecule has 3 saturated heterocycles. The predicted octanol–water partition coefficient (Wildman–Crippen LogP) is 8.57. The maximum atomic E-state index is 16.9. The Labute approximate surface area is 283 Å². The Morgan fingerprint density at radius 3 is 2.42 bits per heavy atom. The van der Waals surface area contributed by atoms with Gasteiger partial charge in [0.1, 0.15) is 29.5 Å². The van der Waals surface area contributed by atoms with Crippen LogP contribution in [-0.4, -0.2) is 70.8 Å². The second kappa shape index (κ2) is 15.4. The third-order valence-electron chi connectivity index (χ3n) is 10.3. The zero-order valence-electron chi connectivity index (χ0n) is 28.6. The van der Waals surface area contributed by atoms with E-state index >= 15 is 4.39 Å². The SMILES string of the molecule is C.CC.CC.Cc1c(F)ccc2cccc(-c3nc4c5c(nc(OCC67CCCN6CCC7)nc5c3F)N3CCNC[C@H]3C[C@@H]4C)c12.F. The molecule has 10 heteroatoms. The summed E-state index contributed by atoms with van der Waals surface area (Å²) in [5.41, 5.74) is 2.31. The molecule has 0 aliphatic carbocycles. The summed E-state index contributed by atoms with van der Waals surface area (Å²) in [6.07, 6.45) is 5.41. The highest BCUT2D eigenvalue weighted by molar-refractivity contribution is 6.01. The second-order valence-corrected chi connectivity index (χ2v) is 12.7. The van der Waals surface area contributed by atoms with E-state index in [1.165, 1.54) is 18.9 Å². The molecule has 8 rings (SSSR count). The smallest absolute Gasteiger partial charge is 0.319 e. The van der Waals surface area contributed by atoms with Gasteiger partial charge >= 0.3 is 6.01 Å². The number of pyridine rings is 1. The van der Waals surface area contributed by atoms with Gasteiger partial charge in [0.15, 0.2) is 5.82 Å². The molecule has 2 aromatic heterocycles. The van der Waals surface area contributed by atoms with E-state index in [1.807, 2.05) is 45.9 Å². The second-order valence-electron chi connectivity index (χ2n) is 12.7. The first-order valence-corrected chi connectivity index (χ1v) is 17.4. The number of halogens is 3. The summed E-state index contributed by atoms with van der Waals surface area (Å²) in [7, 11) is 0. The van der Waals surface area contributed by atoms with Crippen molar-refractivity contribution in [2.45, 2.75) is 98.6 Å². The number of rotatable bonds is 4. The van der Waals surface area contributed by atoms with Crippen LogP contribution in [0.15, 0.2) is 30.3 Å². The number of aryl methyl sites for hydroxylation is 1. The molecular weight excluding hydrogens is 613 g/mol. The summed E-state index contributed by atoms with van der Waals surface area (Å²) in [6, 6.07) is 9.26. The van der Waals surface area contributed by atoms with Gasteiger partial charge in [-0.05, 0) is 74.5 Å². The lowest BCUT2D eigenvalue weighted by Gasteiger charge is -2.37. The lowest BCUT2D eigenvalue weighted by atomic mass is 9.94. The van der Waals surface area contributed by atoms with Crippen molar-refractivity contribution in [3.63, 3.8) is 0 Å². The number of benzene rings is 2. The maximum absolute atomic E-state index is 16.9. The maximum Gasteiger partial charge on any atom is 0.319 e. The first-order chi connectivity index (χ1) is 22.4. The van der Waals surface area contributed by atoms with Gasteiger partial charge in [0.2, 0.25) is 0 Å². The summed E-state index contributed by atoms with van der Waals surface area (Å²) in [5.74, 6) is -0.0699. The van der Waals surface area contributed by atoms with Gasteiger partial charge in [-0.1, -0.05) is 66.3 Å². The van der Waals surface area contributed by atoms with Crippen molar-refractivity contribution >= 4 is 27.5 Å². The molecule has 262 valence electrons. The molecule has 0 saturated carbocycles. The van der Waals surface area contributed by atoms with E-state index in [-0.39, 0.29) is 52.7 Å². The van der Waals surface area contributed by atoms with Crippen molar-refractivity contribution in [1.82, 2.24) is 25.2 Å². The molecule has 0 radical (unpaired) electrons. The minimum Gasteiger partial charge on any atom is -0.461 e. The molecule has 0 spiro atoms. The van der Waals surface area contributed by atoms with Crippen LogP contribution in [0.4, 0.5) is 19.3 Å². The Bertz CT molecular complexity index is 1720. The van der Waals surface area contributed by atoms with E-state index in [0.717, 1.165) is 63.1 Å². The Balaban J connectivity index is 0.000000837. The zero-order chi connectivity index (χ0) is 32.6. The average molecular weight is 667 g/mol. The van der Waals surface area contributed by atoms with Crippen molar-refractivity contribution in [3.8, 4) is 17.3 Å². The first kappa shape index (κ1) is 37.3. The monoisotopic (exact) mass is 666 g/mol. The molecule has 3 fully saturated rings. The third-order valence-corrected chi connectivity index (χ3v) is 10.3. The molecule has 7 nitrogen and oxygen atoms in total. The molecule has 1 N–H and O–H groups in total. The fourth-order valence-electron chi connectivity index (χ4n) is 8.13. The van der Waals surface area contributed by atoms with Crippen molar-refractivity contribution in [2.75, 3.05) is 44.2 Å². The van der Waals surface area contributed by atoms with E-state index in [0.29, 0.717) is 34.3 Å². The highest BCUT2D eigenvalue weighted by atomic mass is 19.1. The standard InChI is InChI=1S/C33H36F2N6O.2C2H6.CH4.FH/c1-19-16-22-17-36-12-15-41(22)31-26-28(19)37-29(23-7-3-6-21-8-9-24(34)20(2)25(21)23)27(35)30(26)38-32(39-31)42-18-33-10-4-13-40(33)14-5-11-33;2*1-2;;/h3,6-9,19,22,36H,4-5,10-18H2,1-2H3;2*1-2H3;1H4;1H/t19-,22+;;;;/m0..../s1. The number of hydrogen-bond acceptors (Lipinski definition) is 7. The topological polar surface area (TPSA) is 66.4 Å².